The minimum Gasteiger partial charge on any atom is -0.398 e. The molecule has 0 saturated heterocycles. The molecule has 6 nitrogen and oxygen atoms in total. The number of aromatic amines is 1. The minimum absolute atomic E-state index is 0.275. The Hall–Kier alpha value is -2.20. The molecule has 0 aliphatic heterocycles. The van der Waals surface area contributed by atoms with E-state index in [4.69, 9.17) is 11.0 Å². The van der Waals surface area contributed by atoms with Crippen LogP contribution in [0.4, 0.5) is 5.69 Å². The van der Waals surface area contributed by atoms with Crippen LogP contribution in [-0.2, 0) is 7.05 Å². The number of anilines is 1. The van der Waals surface area contributed by atoms with E-state index in [0.717, 1.165) is 4.90 Å². The second-order valence-corrected chi connectivity index (χ2v) is 4.37. The van der Waals surface area contributed by atoms with E-state index >= 15 is 0 Å². The van der Waals surface area contributed by atoms with Crippen LogP contribution in [0.15, 0.2) is 33.0 Å². The molecule has 2 aromatic rings. The van der Waals surface area contributed by atoms with E-state index in [2.05, 4.69) is 10.2 Å². The van der Waals surface area contributed by atoms with Crippen LogP contribution in [0, 0.1) is 11.3 Å². The van der Waals surface area contributed by atoms with Crippen LogP contribution in [0.25, 0.3) is 0 Å². The monoisotopic (exact) mass is 247 g/mol. The van der Waals surface area contributed by atoms with Gasteiger partial charge in [-0.05, 0) is 30.0 Å². The second-order valence-electron chi connectivity index (χ2n) is 3.33. The minimum atomic E-state index is -0.275. The van der Waals surface area contributed by atoms with Gasteiger partial charge in [0.15, 0.2) is 5.16 Å². The fourth-order valence-corrected chi connectivity index (χ4v) is 2.06. The third kappa shape index (κ3) is 2.16. The summed E-state index contributed by atoms with van der Waals surface area (Å²) in [5.41, 5.74) is 6.19. The SMILES string of the molecule is Cn1c(Sc2ccc(N)c(C#N)c2)n[nH]c1=O. The molecule has 3 N–H and O–H groups in total. The van der Waals surface area contributed by atoms with Crippen molar-refractivity contribution < 1.29 is 0 Å². The van der Waals surface area contributed by atoms with E-state index in [9.17, 15) is 4.79 Å². The molecule has 0 atom stereocenters. The van der Waals surface area contributed by atoms with Gasteiger partial charge in [0.25, 0.3) is 0 Å². The largest absolute Gasteiger partial charge is 0.398 e. The molecule has 0 unspecified atom stereocenters. The van der Waals surface area contributed by atoms with Gasteiger partial charge in [-0.1, -0.05) is 0 Å². The number of aromatic nitrogens is 3. The lowest BCUT2D eigenvalue weighted by molar-refractivity contribution is 0.766. The topological polar surface area (TPSA) is 100 Å². The molecule has 1 aromatic carbocycles. The highest BCUT2D eigenvalue weighted by Crippen LogP contribution is 2.27. The number of hydrogen-bond acceptors (Lipinski definition) is 5. The summed E-state index contributed by atoms with van der Waals surface area (Å²) in [6.45, 7) is 0. The number of rotatable bonds is 2. The van der Waals surface area contributed by atoms with Crippen molar-refractivity contribution in [2.45, 2.75) is 10.1 Å². The van der Waals surface area contributed by atoms with E-state index in [1.54, 1.807) is 25.2 Å². The fourth-order valence-electron chi connectivity index (χ4n) is 1.22. The van der Waals surface area contributed by atoms with E-state index in [1.807, 2.05) is 6.07 Å². The molecule has 1 heterocycles. The Morgan fingerprint density at radius 3 is 2.94 bits per heavy atom. The first-order valence-electron chi connectivity index (χ1n) is 4.70. The van der Waals surface area contributed by atoms with Gasteiger partial charge in [0, 0.05) is 17.6 Å². The average molecular weight is 247 g/mol. The predicted octanol–water partition coefficient (Wildman–Crippen LogP) is 0.713. The Labute approximate surface area is 101 Å². The molecular weight excluding hydrogens is 238 g/mol. The zero-order valence-electron chi connectivity index (χ0n) is 8.97. The van der Waals surface area contributed by atoms with Gasteiger partial charge in [-0.3, -0.25) is 4.57 Å². The molecule has 7 heteroatoms. The fraction of sp³-hybridized carbons (Fsp3) is 0.100. The number of nitrogens with two attached hydrogens (primary N) is 1. The smallest absolute Gasteiger partial charge is 0.343 e. The summed E-state index contributed by atoms with van der Waals surface area (Å²) in [6, 6.07) is 7.11. The Morgan fingerprint density at radius 1 is 1.59 bits per heavy atom. The second kappa shape index (κ2) is 4.35. The summed E-state index contributed by atoms with van der Waals surface area (Å²) >= 11 is 1.29. The molecule has 86 valence electrons. The molecule has 0 amide bonds. The van der Waals surface area contributed by atoms with Crippen molar-refractivity contribution in [3.05, 3.63) is 34.2 Å². The van der Waals surface area contributed by atoms with E-state index in [1.165, 1.54) is 16.3 Å². The van der Waals surface area contributed by atoms with Crippen LogP contribution in [0.1, 0.15) is 5.56 Å². The molecule has 0 bridgehead atoms. The number of nitrogens with zero attached hydrogens (tertiary/aromatic N) is 3. The number of nitrogen functional groups attached to an aromatic ring is 1. The Morgan fingerprint density at radius 2 is 2.35 bits per heavy atom. The first kappa shape index (κ1) is 11.3. The van der Waals surface area contributed by atoms with Crippen molar-refractivity contribution in [2.75, 3.05) is 5.73 Å². The van der Waals surface area contributed by atoms with Gasteiger partial charge in [0.05, 0.1) is 5.56 Å². The standard InChI is InChI=1S/C10H9N5OS/c1-15-9(16)13-14-10(15)17-7-2-3-8(12)6(4-7)5-11/h2-4H,12H2,1H3,(H,13,16). The summed E-state index contributed by atoms with van der Waals surface area (Å²) in [6.07, 6.45) is 0. The highest BCUT2D eigenvalue weighted by Gasteiger charge is 2.07. The molecule has 1 aromatic heterocycles. The van der Waals surface area contributed by atoms with E-state index in [-0.39, 0.29) is 5.69 Å². The van der Waals surface area contributed by atoms with Gasteiger partial charge in [-0.15, -0.1) is 5.10 Å². The van der Waals surface area contributed by atoms with Crippen molar-refractivity contribution in [1.82, 2.24) is 14.8 Å². The summed E-state index contributed by atoms with van der Waals surface area (Å²) < 4.78 is 1.40. The number of hydrogen-bond donors (Lipinski definition) is 2. The Balaban J connectivity index is 2.34. The summed E-state index contributed by atoms with van der Waals surface area (Å²) in [7, 11) is 1.62. The Bertz CT molecular complexity index is 651. The summed E-state index contributed by atoms with van der Waals surface area (Å²) in [5.74, 6) is 0. The average Bonchev–Trinajstić information content (AvgIpc) is 2.63. The molecule has 0 radical (unpaired) electrons. The lowest BCUT2D eigenvalue weighted by Gasteiger charge is -2.02. The first-order valence-corrected chi connectivity index (χ1v) is 5.52. The van der Waals surface area contributed by atoms with Crippen LogP contribution in [-0.4, -0.2) is 14.8 Å². The molecule has 2 rings (SSSR count). The van der Waals surface area contributed by atoms with Crippen molar-refractivity contribution >= 4 is 17.4 Å². The van der Waals surface area contributed by atoms with Gasteiger partial charge in [-0.25, -0.2) is 9.89 Å². The van der Waals surface area contributed by atoms with Gasteiger partial charge in [0.1, 0.15) is 6.07 Å². The number of benzene rings is 1. The number of nitriles is 1. The van der Waals surface area contributed by atoms with Gasteiger partial charge in [-0.2, -0.15) is 5.26 Å². The zero-order valence-corrected chi connectivity index (χ0v) is 9.78. The molecule has 17 heavy (non-hydrogen) atoms. The maximum atomic E-state index is 11.2. The van der Waals surface area contributed by atoms with Crippen LogP contribution < -0.4 is 11.4 Å². The summed E-state index contributed by atoms with van der Waals surface area (Å²) in [5, 5.41) is 15.6. The quantitative estimate of drug-likeness (QED) is 0.761. The third-order valence-corrected chi connectivity index (χ3v) is 3.23. The van der Waals surface area contributed by atoms with E-state index in [0.29, 0.717) is 16.4 Å². The first-order chi connectivity index (χ1) is 8.11. The van der Waals surface area contributed by atoms with Crippen molar-refractivity contribution in [2.24, 2.45) is 7.05 Å². The van der Waals surface area contributed by atoms with Gasteiger partial charge < -0.3 is 5.73 Å². The van der Waals surface area contributed by atoms with Crippen LogP contribution in [0.5, 0.6) is 0 Å². The number of nitrogens with one attached hydrogen (secondary N) is 1. The van der Waals surface area contributed by atoms with Crippen molar-refractivity contribution in [3.8, 4) is 6.07 Å². The highest BCUT2D eigenvalue weighted by atomic mass is 32.2. The lowest BCUT2D eigenvalue weighted by Crippen LogP contribution is -2.12. The van der Waals surface area contributed by atoms with Gasteiger partial charge in [0.2, 0.25) is 0 Å². The third-order valence-electron chi connectivity index (χ3n) is 2.19. The predicted molar refractivity (Wildman–Crippen MR) is 63.5 cm³/mol. The Kier molecular flexibility index (Phi) is 2.89. The zero-order chi connectivity index (χ0) is 12.4. The van der Waals surface area contributed by atoms with Gasteiger partial charge >= 0.3 is 5.69 Å². The van der Waals surface area contributed by atoms with Crippen molar-refractivity contribution in [1.29, 1.82) is 5.26 Å². The summed E-state index contributed by atoms with van der Waals surface area (Å²) in [4.78, 5) is 12.0. The lowest BCUT2D eigenvalue weighted by atomic mass is 10.2. The molecule has 0 spiro atoms. The molecular formula is C10H9N5OS. The van der Waals surface area contributed by atoms with Crippen molar-refractivity contribution in [3.63, 3.8) is 0 Å². The maximum Gasteiger partial charge on any atom is 0.343 e. The maximum absolute atomic E-state index is 11.2. The molecule has 0 fully saturated rings. The molecule has 0 aliphatic rings. The highest BCUT2D eigenvalue weighted by molar-refractivity contribution is 7.99. The van der Waals surface area contributed by atoms with Crippen LogP contribution >= 0.6 is 11.8 Å². The van der Waals surface area contributed by atoms with Crippen LogP contribution in [0.2, 0.25) is 0 Å². The van der Waals surface area contributed by atoms with Crippen LogP contribution in [0.3, 0.4) is 0 Å². The number of H-pyrrole nitrogens is 1. The van der Waals surface area contributed by atoms with E-state index < -0.39 is 0 Å². The normalized spacial score (nSPS) is 10.1. The molecule has 0 aliphatic carbocycles. The molecule has 0 saturated carbocycles.